The van der Waals surface area contributed by atoms with Crippen molar-refractivity contribution in [2.45, 2.75) is 0 Å². The smallest absolute Gasteiger partial charge is 0.168 e. The Morgan fingerprint density at radius 3 is 2.00 bits per heavy atom. The standard InChI is InChI=1S/C8H13NOP/c1-11(2,10)8-5-3-7(9)4-6-8/h3-6,10H,9H2,1-2H3/q+1. The van der Waals surface area contributed by atoms with Crippen molar-refractivity contribution in [1.82, 2.24) is 0 Å². The van der Waals surface area contributed by atoms with Crippen LogP contribution in [-0.4, -0.2) is 18.2 Å². The van der Waals surface area contributed by atoms with E-state index < -0.39 is 7.49 Å². The van der Waals surface area contributed by atoms with Crippen LogP contribution < -0.4 is 11.0 Å². The molecule has 11 heavy (non-hydrogen) atoms. The van der Waals surface area contributed by atoms with Crippen molar-refractivity contribution in [3.63, 3.8) is 0 Å². The SMILES string of the molecule is C[P+](C)(O)c1ccc(N)cc1. The molecule has 1 aromatic carbocycles. The predicted octanol–water partition coefficient (Wildman–Crippen LogP) is 1.08. The average Bonchev–Trinajstić information content (AvgIpc) is 1.86. The summed E-state index contributed by atoms with van der Waals surface area (Å²) in [5.74, 6) is 0. The number of nitrogens with two attached hydrogens (primary N) is 1. The maximum Gasteiger partial charge on any atom is 0.168 e. The molecular weight excluding hydrogens is 157 g/mol. The van der Waals surface area contributed by atoms with Gasteiger partial charge in [0.15, 0.2) is 7.49 Å². The fourth-order valence-corrected chi connectivity index (χ4v) is 1.72. The Kier molecular flexibility index (Phi) is 2.17. The van der Waals surface area contributed by atoms with Crippen LogP contribution in [0.15, 0.2) is 24.3 Å². The Balaban J connectivity index is 2.99. The molecule has 0 heterocycles. The van der Waals surface area contributed by atoms with Crippen LogP contribution in [0.4, 0.5) is 5.69 Å². The van der Waals surface area contributed by atoms with E-state index in [9.17, 15) is 4.89 Å². The number of anilines is 1. The molecule has 2 nitrogen and oxygen atoms in total. The van der Waals surface area contributed by atoms with Gasteiger partial charge < -0.3 is 5.73 Å². The minimum Gasteiger partial charge on any atom is -0.399 e. The molecule has 1 aromatic rings. The molecule has 0 saturated carbocycles. The molecule has 0 radical (unpaired) electrons. The molecule has 0 saturated heterocycles. The fraction of sp³-hybridized carbons (Fsp3) is 0.250. The van der Waals surface area contributed by atoms with Crippen molar-refractivity contribution in [2.75, 3.05) is 19.1 Å². The zero-order valence-electron chi connectivity index (χ0n) is 6.78. The second kappa shape index (κ2) is 2.80. The Labute approximate surface area is 67.5 Å². The molecule has 0 amide bonds. The number of nitrogen functional groups attached to an aromatic ring is 1. The summed E-state index contributed by atoms with van der Waals surface area (Å²) in [4.78, 5) is 9.65. The van der Waals surface area contributed by atoms with Crippen LogP contribution in [0.1, 0.15) is 0 Å². The van der Waals surface area contributed by atoms with E-state index in [2.05, 4.69) is 0 Å². The lowest BCUT2D eigenvalue weighted by Gasteiger charge is -2.07. The summed E-state index contributed by atoms with van der Waals surface area (Å²) in [5.41, 5.74) is 6.24. The highest BCUT2D eigenvalue weighted by molar-refractivity contribution is 7.76. The number of hydrogen-bond donors (Lipinski definition) is 2. The quantitative estimate of drug-likeness (QED) is 0.489. The van der Waals surface area contributed by atoms with E-state index in [4.69, 9.17) is 5.73 Å². The van der Waals surface area contributed by atoms with Crippen LogP contribution >= 0.6 is 7.49 Å². The van der Waals surface area contributed by atoms with Gasteiger partial charge in [0.2, 0.25) is 0 Å². The monoisotopic (exact) mass is 170 g/mol. The molecule has 0 fully saturated rings. The van der Waals surface area contributed by atoms with Gasteiger partial charge >= 0.3 is 0 Å². The first-order valence-corrected chi connectivity index (χ1v) is 6.06. The van der Waals surface area contributed by atoms with Crippen LogP contribution in [0.5, 0.6) is 0 Å². The first-order valence-electron chi connectivity index (χ1n) is 3.43. The zero-order valence-corrected chi connectivity index (χ0v) is 7.68. The van der Waals surface area contributed by atoms with Gasteiger partial charge in [-0.15, -0.1) is 0 Å². The molecule has 60 valence electrons. The van der Waals surface area contributed by atoms with Gasteiger partial charge in [-0.05, 0) is 24.3 Å². The minimum absolute atomic E-state index is 0.738. The topological polar surface area (TPSA) is 46.2 Å². The van der Waals surface area contributed by atoms with Crippen molar-refractivity contribution < 1.29 is 4.89 Å². The fourth-order valence-electron chi connectivity index (χ4n) is 0.839. The molecule has 0 aliphatic carbocycles. The van der Waals surface area contributed by atoms with Gasteiger partial charge in [0.05, 0.1) is 13.3 Å². The van der Waals surface area contributed by atoms with Gasteiger partial charge in [-0.1, -0.05) is 0 Å². The van der Waals surface area contributed by atoms with Crippen molar-refractivity contribution >= 4 is 18.5 Å². The molecule has 0 bridgehead atoms. The first kappa shape index (κ1) is 8.51. The minimum atomic E-state index is -1.84. The van der Waals surface area contributed by atoms with Crippen molar-refractivity contribution in [3.8, 4) is 0 Å². The Morgan fingerprint density at radius 1 is 1.18 bits per heavy atom. The number of hydrogen-bond acceptors (Lipinski definition) is 2. The molecular formula is C8H13NOP+. The summed E-state index contributed by atoms with van der Waals surface area (Å²) in [6.07, 6.45) is 0. The van der Waals surface area contributed by atoms with Gasteiger partial charge in [-0.2, -0.15) is 0 Å². The van der Waals surface area contributed by atoms with Crippen LogP contribution in [0.2, 0.25) is 0 Å². The molecule has 0 aliphatic rings. The molecule has 1 rings (SSSR count). The first-order chi connectivity index (χ1) is 5.00. The third-order valence-corrected chi connectivity index (χ3v) is 3.09. The molecule has 0 spiro atoms. The molecule has 3 heteroatoms. The van der Waals surface area contributed by atoms with E-state index in [-0.39, 0.29) is 0 Å². The molecule has 3 N–H and O–H groups in total. The highest BCUT2D eigenvalue weighted by Gasteiger charge is 2.23. The predicted molar refractivity (Wildman–Crippen MR) is 51.5 cm³/mol. The Hall–Kier alpha value is -0.590. The summed E-state index contributed by atoms with van der Waals surface area (Å²) in [6, 6.07) is 7.38. The third kappa shape index (κ3) is 2.18. The van der Waals surface area contributed by atoms with E-state index in [1.165, 1.54) is 0 Å². The van der Waals surface area contributed by atoms with E-state index in [0.717, 1.165) is 11.0 Å². The van der Waals surface area contributed by atoms with Crippen molar-refractivity contribution in [3.05, 3.63) is 24.3 Å². The van der Waals surface area contributed by atoms with Gasteiger partial charge in [0.25, 0.3) is 0 Å². The van der Waals surface area contributed by atoms with Gasteiger partial charge in [0, 0.05) is 5.69 Å². The molecule has 0 aliphatic heterocycles. The molecule has 0 atom stereocenters. The molecule has 0 aromatic heterocycles. The summed E-state index contributed by atoms with van der Waals surface area (Å²) in [6.45, 7) is 3.72. The van der Waals surface area contributed by atoms with Gasteiger partial charge in [-0.25, -0.2) is 4.89 Å². The lowest BCUT2D eigenvalue weighted by Crippen LogP contribution is -2.07. The number of benzene rings is 1. The number of rotatable bonds is 1. The van der Waals surface area contributed by atoms with E-state index in [0.29, 0.717) is 0 Å². The van der Waals surface area contributed by atoms with Crippen LogP contribution in [0.3, 0.4) is 0 Å². The van der Waals surface area contributed by atoms with Crippen molar-refractivity contribution in [2.24, 2.45) is 0 Å². The maximum absolute atomic E-state index is 9.65. The van der Waals surface area contributed by atoms with Crippen molar-refractivity contribution in [1.29, 1.82) is 0 Å². The normalized spacial score (nSPS) is 11.5. The van der Waals surface area contributed by atoms with E-state index in [1.54, 1.807) is 0 Å². The van der Waals surface area contributed by atoms with Crippen LogP contribution in [-0.2, 0) is 0 Å². The highest BCUT2D eigenvalue weighted by atomic mass is 31.2. The van der Waals surface area contributed by atoms with Crippen LogP contribution in [0.25, 0.3) is 0 Å². The Bertz CT molecular complexity index is 237. The summed E-state index contributed by atoms with van der Waals surface area (Å²) in [7, 11) is -1.84. The van der Waals surface area contributed by atoms with Gasteiger partial charge in [-0.3, -0.25) is 0 Å². The summed E-state index contributed by atoms with van der Waals surface area (Å²) >= 11 is 0. The van der Waals surface area contributed by atoms with Gasteiger partial charge in [0.1, 0.15) is 5.30 Å². The maximum atomic E-state index is 9.65. The summed E-state index contributed by atoms with van der Waals surface area (Å²) in [5, 5.41) is 0.992. The zero-order chi connectivity index (χ0) is 8.48. The van der Waals surface area contributed by atoms with E-state index >= 15 is 0 Å². The average molecular weight is 170 g/mol. The second-order valence-corrected chi connectivity index (χ2v) is 6.29. The second-order valence-electron chi connectivity index (χ2n) is 2.99. The lowest BCUT2D eigenvalue weighted by molar-refractivity contribution is 0.625. The molecule has 0 unspecified atom stereocenters. The largest absolute Gasteiger partial charge is 0.399 e. The third-order valence-electron chi connectivity index (χ3n) is 1.52. The highest BCUT2D eigenvalue weighted by Crippen LogP contribution is 2.44. The summed E-state index contributed by atoms with van der Waals surface area (Å²) < 4.78 is 0. The van der Waals surface area contributed by atoms with E-state index in [1.807, 2.05) is 37.6 Å². The Morgan fingerprint density at radius 2 is 1.64 bits per heavy atom. The lowest BCUT2D eigenvalue weighted by atomic mass is 10.3. The van der Waals surface area contributed by atoms with Crippen LogP contribution in [0, 0.1) is 0 Å².